The Morgan fingerprint density at radius 3 is 2.67 bits per heavy atom. The molecule has 0 saturated heterocycles. The fourth-order valence-electron chi connectivity index (χ4n) is 1.00. The number of rotatable bonds is 7. The van der Waals surface area contributed by atoms with Gasteiger partial charge in [0.1, 0.15) is 0 Å². The summed E-state index contributed by atoms with van der Waals surface area (Å²) < 4.78 is 0. The van der Waals surface area contributed by atoms with Crippen LogP contribution in [0.2, 0.25) is 0 Å². The SMILES string of the molecule is C=CC(O)C=CCCCCCC. The van der Waals surface area contributed by atoms with Crippen molar-refractivity contribution in [1.82, 2.24) is 0 Å². The van der Waals surface area contributed by atoms with Gasteiger partial charge in [0.25, 0.3) is 0 Å². The van der Waals surface area contributed by atoms with Crippen molar-refractivity contribution in [3.63, 3.8) is 0 Å². The zero-order valence-corrected chi connectivity index (χ0v) is 8.00. The first-order valence-electron chi connectivity index (χ1n) is 4.78. The average Bonchev–Trinajstić information content (AvgIpc) is 2.10. The van der Waals surface area contributed by atoms with Gasteiger partial charge in [-0.1, -0.05) is 44.4 Å². The van der Waals surface area contributed by atoms with Crippen molar-refractivity contribution in [3.05, 3.63) is 24.8 Å². The van der Waals surface area contributed by atoms with Crippen LogP contribution < -0.4 is 0 Å². The fraction of sp³-hybridized carbons (Fsp3) is 0.636. The zero-order valence-electron chi connectivity index (χ0n) is 8.00. The van der Waals surface area contributed by atoms with Gasteiger partial charge >= 0.3 is 0 Å². The van der Waals surface area contributed by atoms with E-state index in [4.69, 9.17) is 5.11 Å². The number of aliphatic hydroxyl groups is 1. The number of unbranched alkanes of at least 4 members (excludes halogenated alkanes) is 4. The second kappa shape index (κ2) is 8.54. The highest BCUT2D eigenvalue weighted by Crippen LogP contribution is 2.03. The number of aliphatic hydroxyl groups excluding tert-OH is 1. The number of allylic oxidation sites excluding steroid dienone is 1. The molecule has 0 aromatic carbocycles. The fourth-order valence-corrected chi connectivity index (χ4v) is 1.00. The third kappa shape index (κ3) is 7.55. The maximum atomic E-state index is 9.06. The lowest BCUT2D eigenvalue weighted by Gasteiger charge is -1.96. The van der Waals surface area contributed by atoms with Gasteiger partial charge in [-0.15, -0.1) is 6.58 Å². The summed E-state index contributed by atoms with van der Waals surface area (Å²) in [5.41, 5.74) is 0. The third-order valence-corrected chi connectivity index (χ3v) is 1.80. The molecule has 0 saturated carbocycles. The highest BCUT2D eigenvalue weighted by Gasteiger charge is 1.88. The first kappa shape index (κ1) is 11.4. The van der Waals surface area contributed by atoms with E-state index in [1.54, 1.807) is 6.08 Å². The minimum atomic E-state index is -0.462. The molecule has 0 aliphatic rings. The van der Waals surface area contributed by atoms with Gasteiger partial charge in [0.05, 0.1) is 6.10 Å². The van der Waals surface area contributed by atoms with Crippen LogP contribution in [0, 0.1) is 0 Å². The standard InChI is InChI=1S/C11H20O/c1-3-5-6-7-8-9-10-11(12)4-2/h4,9-12H,2-3,5-8H2,1H3. The topological polar surface area (TPSA) is 20.2 Å². The second-order valence-electron chi connectivity index (χ2n) is 3.00. The van der Waals surface area contributed by atoms with Crippen LogP contribution in [0.1, 0.15) is 39.0 Å². The van der Waals surface area contributed by atoms with Crippen LogP contribution in [-0.4, -0.2) is 11.2 Å². The Morgan fingerprint density at radius 1 is 1.33 bits per heavy atom. The Balaban J connectivity index is 3.18. The Labute approximate surface area is 75.8 Å². The summed E-state index contributed by atoms with van der Waals surface area (Å²) in [6.07, 6.45) is 11.1. The molecule has 1 atom stereocenters. The minimum absolute atomic E-state index is 0.462. The summed E-state index contributed by atoms with van der Waals surface area (Å²) in [5, 5.41) is 9.06. The Kier molecular flexibility index (Phi) is 8.14. The highest BCUT2D eigenvalue weighted by atomic mass is 16.3. The molecule has 0 spiro atoms. The van der Waals surface area contributed by atoms with E-state index in [9.17, 15) is 0 Å². The molecule has 0 amide bonds. The molecule has 0 aliphatic carbocycles. The van der Waals surface area contributed by atoms with Gasteiger partial charge < -0.3 is 5.11 Å². The van der Waals surface area contributed by atoms with Crippen LogP contribution in [0.5, 0.6) is 0 Å². The molecule has 1 heteroatoms. The summed E-state index contributed by atoms with van der Waals surface area (Å²) in [6, 6.07) is 0. The van der Waals surface area contributed by atoms with E-state index in [0.29, 0.717) is 0 Å². The van der Waals surface area contributed by atoms with Gasteiger partial charge in [0, 0.05) is 0 Å². The van der Waals surface area contributed by atoms with Crippen molar-refractivity contribution in [3.8, 4) is 0 Å². The Bertz CT molecular complexity index is 127. The Morgan fingerprint density at radius 2 is 2.08 bits per heavy atom. The summed E-state index contributed by atoms with van der Waals surface area (Å²) in [4.78, 5) is 0. The van der Waals surface area contributed by atoms with E-state index in [-0.39, 0.29) is 0 Å². The third-order valence-electron chi connectivity index (χ3n) is 1.80. The normalized spacial score (nSPS) is 13.5. The molecule has 0 bridgehead atoms. The van der Waals surface area contributed by atoms with Crippen LogP contribution in [0.3, 0.4) is 0 Å². The van der Waals surface area contributed by atoms with Gasteiger partial charge in [-0.05, 0) is 12.8 Å². The first-order valence-corrected chi connectivity index (χ1v) is 4.78. The highest BCUT2D eigenvalue weighted by molar-refractivity contribution is 4.97. The van der Waals surface area contributed by atoms with Crippen molar-refractivity contribution in [2.75, 3.05) is 0 Å². The smallest absolute Gasteiger partial charge is 0.0899 e. The van der Waals surface area contributed by atoms with Gasteiger partial charge in [-0.25, -0.2) is 0 Å². The largest absolute Gasteiger partial charge is 0.385 e. The monoisotopic (exact) mass is 168 g/mol. The van der Waals surface area contributed by atoms with E-state index >= 15 is 0 Å². The molecule has 0 radical (unpaired) electrons. The summed E-state index contributed by atoms with van der Waals surface area (Å²) in [5.74, 6) is 0. The average molecular weight is 168 g/mol. The molecule has 0 aromatic rings. The van der Waals surface area contributed by atoms with Crippen molar-refractivity contribution >= 4 is 0 Å². The molecule has 0 aliphatic heterocycles. The molecule has 1 unspecified atom stereocenters. The van der Waals surface area contributed by atoms with Gasteiger partial charge in [0.15, 0.2) is 0 Å². The minimum Gasteiger partial charge on any atom is -0.385 e. The zero-order chi connectivity index (χ0) is 9.23. The molecule has 70 valence electrons. The van der Waals surface area contributed by atoms with Crippen molar-refractivity contribution in [1.29, 1.82) is 0 Å². The quantitative estimate of drug-likeness (QED) is 0.457. The molecule has 0 aromatic heterocycles. The molecule has 1 nitrogen and oxygen atoms in total. The molecule has 0 heterocycles. The van der Waals surface area contributed by atoms with E-state index < -0.39 is 6.10 Å². The number of hydrogen-bond acceptors (Lipinski definition) is 1. The maximum absolute atomic E-state index is 9.06. The van der Waals surface area contributed by atoms with Crippen LogP contribution >= 0.6 is 0 Å². The maximum Gasteiger partial charge on any atom is 0.0899 e. The Hall–Kier alpha value is -0.560. The van der Waals surface area contributed by atoms with E-state index in [1.165, 1.54) is 31.8 Å². The van der Waals surface area contributed by atoms with Crippen LogP contribution in [0.25, 0.3) is 0 Å². The summed E-state index contributed by atoms with van der Waals surface area (Å²) in [7, 11) is 0. The lowest BCUT2D eigenvalue weighted by atomic mass is 10.1. The lowest BCUT2D eigenvalue weighted by molar-refractivity contribution is 0.271. The van der Waals surface area contributed by atoms with Crippen molar-refractivity contribution in [2.45, 2.75) is 45.1 Å². The molecule has 0 fully saturated rings. The summed E-state index contributed by atoms with van der Waals surface area (Å²) >= 11 is 0. The number of hydrogen-bond donors (Lipinski definition) is 1. The molecule has 0 rings (SSSR count). The van der Waals surface area contributed by atoms with Crippen LogP contribution in [0.4, 0.5) is 0 Å². The van der Waals surface area contributed by atoms with Gasteiger partial charge in [-0.3, -0.25) is 0 Å². The van der Waals surface area contributed by atoms with Crippen LogP contribution in [0.15, 0.2) is 24.8 Å². The van der Waals surface area contributed by atoms with Crippen LogP contribution in [-0.2, 0) is 0 Å². The summed E-state index contributed by atoms with van der Waals surface area (Å²) in [6.45, 7) is 5.69. The molecule has 1 N–H and O–H groups in total. The van der Waals surface area contributed by atoms with Crippen molar-refractivity contribution < 1.29 is 5.11 Å². The van der Waals surface area contributed by atoms with Crippen molar-refractivity contribution in [2.24, 2.45) is 0 Å². The predicted octanol–water partition coefficient (Wildman–Crippen LogP) is 3.06. The molecule has 12 heavy (non-hydrogen) atoms. The van der Waals surface area contributed by atoms with Gasteiger partial charge in [0.2, 0.25) is 0 Å². The lowest BCUT2D eigenvalue weighted by Crippen LogP contribution is -1.93. The predicted molar refractivity (Wildman–Crippen MR) is 54.1 cm³/mol. The molecular weight excluding hydrogens is 148 g/mol. The van der Waals surface area contributed by atoms with E-state index in [1.807, 2.05) is 6.08 Å². The molecular formula is C11H20O. The second-order valence-corrected chi connectivity index (χ2v) is 3.00. The van der Waals surface area contributed by atoms with E-state index in [0.717, 1.165) is 6.42 Å². The van der Waals surface area contributed by atoms with Gasteiger partial charge in [-0.2, -0.15) is 0 Å². The van der Waals surface area contributed by atoms with E-state index in [2.05, 4.69) is 13.5 Å². The first-order chi connectivity index (χ1) is 5.81.